The molecule has 1 aromatic heterocycles. The molecule has 0 unspecified atom stereocenters. The Balaban J connectivity index is 1.77. The Morgan fingerprint density at radius 3 is 2.11 bits per heavy atom. The molecule has 0 fully saturated rings. The summed E-state index contributed by atoms with van der Waals surface area (Å²) < 4.78 is 30.4. The van der Waals surface area contributed by atoms with Crippen LogP contribution in [0, 0.1) is 0 Å². The molecule has 0 radical (unpaired) electrons. The number of carbonyl (C=O) groups excluding carboxylic acids is 1. The molecule has 1 heterocycles. The van der Waals surface area contributed by atoms with E-state index < -0.39 is 15.7 Å². The largest absolute Gasteiger partial charge is 0.359 e. The Labute approximate surface area is 158 Å². The number of amides is 1. The lowest BCUT2D eigenvalue weighted by Gasteiger charge is -2.12. The Hall–Kier alpha value is -2.93. The summed E-state index contributed by atoms with van der Waals surface area (Å²) in [4.78, 5) is 12.7. The molecule has 0 bridgehead atoms. The van der Waals surface area contributed by atoms with Crippen LogP contribution in [0.5, 0.6) is 0 Å². The third kappa shape index (κ3) is 4.09. The van der Waals surface area contributed by atoms with E-state index in [9.17, 15) is 13.2 Å². The van der Waals surface area contributed by atoms with E-state index in [-0.39, 0.29) is 15.2 Å². The van der Waals surface area contributed by atoms with Crippen LogP contribution in [0.2, 0.25) is 0 Å². The zero-order valence-electron chi connectivity index (χ0n) is 15.3. The number of sulfone groups is 1. The first kappa shape index (κ1) is 18.8. The van der Waals surface area contributed by atoms with E-state index in [0.29, 0.717) is 17.1 Å². The van der Waals surface area contributed by atoms with Gasteiger partial charge in [-0.05, 0) is 36.4 Å². The summed E-state index contributed by atoms with van der Waals surface area (Å²) in [7, 11) is -3.61. The summed E-state index contributed by atoms with van der Waals surface area (Å²) in [6.45, 7) is 5.93. The maximum atomic E-state index is 12.6. The second kappa shape index (κ2) is 7.00. The highest BCUT2D eigenvalue weighted by molar-refractivity contribution is 7.91. The minimum absolute atomic E-state index is 0.127. The van der Waals surface area contributed by atoms with Crippen LogP contribution in [0.1, 0.15) is 36.9 Å². The average molecular weight is 384 g/mol. The Bertz CT molecular complexity index is 1050. The van der Waals surface area contributed by atoms with Crippen molar-refractivity contribution in [3.05, 3.63) is 72.0 Å². The molecular weight excluding hydrogens is 364 g/mol. The minimum Gasteiger partial charge on any atom is -0.359 e. The van der Waals surface area contributed by atoms with Gasteiger partial charge in [-0.15, -0.1) is 0 Å². The fourth-order valence-electron chi connectivity index (χ4n) is 2.40. The number of hydrogen-bond acceptors (Lipinski definition) is 5. The SMILES string of the molecule is CC(C)(C)c1cc(NC(=O)c2ccc(S(=O)(=O)c3ccccc3)cc2)no1. The highest BCUT2D eigenvalue weighted by atomic mass is 32.2. The van der Waals surface area contributed by atoms with Crippen molar-refractivity contribution in [1.82, 2.24) is 5.16 Å². The summed E-state index contributed by atoms with van der Waals surface area (Å²) >= 11 is 0. The molecule has 0 aliphatic rings. The topological polar surface area (TPSA) is 89.3 Å². The monoisotopic (exact) mass is 384 g/mol. The van der Waals surface area contributed by atoms with Gasteiger partial charge in [0, 0.05) is 17.0 Å². The van der Waals surface area contributed by atoms with Crippen LogP contribution in [0.4, 0.5) is 5.82 Å². The molecule has 0 saturated heterocycles. The molecule has 1 N–H and O–H groups in total. The average Bonchev–Trinajstić information content (AvgIpc) is 3.11. The molecule has 1 amide bonds. The lowest BCUT2D eigenvalue weighted by Crippen LogP contribution is -2.13. The van der Waals surface area contributed by atoms with E-state index in [0.717, 1.165) is 0 Å². The van der Waals surface area contributed by atoms with Crippen molar-refractivity contribution in [1.29, 1.82) is 0 Å². The van der Waals surface area contributed by atoms with Crippen LogP contribution < -0.4 is 5.32 Å². The second-order valence-electron chi connectivity index (χ2n) is 7.12. The molecule has 0 saturated carbocycles. The lowest BCUT2D eigenvalue weighted by molar-refractivity contribution is 0.102. The highest BCUT2D eigenvalue weighted by Gasteiger charge is 2.21. The van der Waals surface area contributed by atoms with Crippen molar-refractivity contribution in [3.63, 3.8) is 0 Å². The molecule has 27 heavy (non-hydrogen) atoms. The number of carbonyl (C=O) groups is 1. The fraction of sp³-hybridized carbons (Fsp3) is 0.200. The Kier molecular flexibility index (Phi) is 4.89. The van der Waals surface area contributed by atoms with Gasteiger partial charge < -0.3 is 9.84 Å². The van der Waals surface area contributed by atoms with Crippen molar-refractivity contribution in [3.8, 4) is 0 Å². The predicted octanol–water partition coefficient (Wildman–Crippen LogP) is 4.06. The number of benzene rings is 2. The van der Waals surface area contributed by atoms with Crippen LogP contribution in [0.3, 0.4) is 0 Å². The molecule has 3 aromatic rings. The van der Waals surface area contributed by atoms with Crippen molar-refractivity contribution < 1.29 is 17.7 Å². The number of anilines is 1. The fourth-order valence-corrected chi connectivity index (χ4v) is 3.68. The van der Waals surface area contributed by atoms with E-state index in [1.165, 1.54) is 36.4 Å². The Morgan fingerprint density at radius 1 is 0.963 bits per heavy atom. The number of hydrogen-bond donors (Lipinski definition) is 1. The molecular formula is C20H20N2O4S. The van der Waals surface area contributed by atoms with Crippen LogP contribution in [-0.2, 0) is 15.3 Å². The van der Waals surface area contributed by atoms with E-state index in [1.54, 1.807) is 24.3 Å². The highest BCUT2D eigenvalue weighted by Crippen LogP contribution is 2.25. The van der Waals surface area contributed by atoms with Gasteiger partial charge in [0.1, 0.15) is 5.76 Å². The molecule has 140 valence electrons. The summed E-state index contributed by atoms with van der Waals surface area (Å²) in [5.74, 6) is 0.570. The standard InChI is InChI=1S/C20H20N2O4S/c1-20(2,3)17-13-18(22-26-17)21-19(23)14-9-11-16(12-10-14)27(24,25)15-7-5-4-6-8-15/h4-13H,1-3H3,(H,21,22,23). The number of nitrogens with zero attached hydrogens (tertiary/aromatic N) is 1. The summed E-state index contributed by atoms with van der Waals surface area (Å²) in [6.07, 6.45) is 0. The molecule has 7 heteroatoms. The number of nitrogens with one attached hydrogen (secondary N) is 1. The van der Waals surface area contributed by atoms with Gasteiger partial charge in [-0.1, -0.05) is 44.1 Å². The van der Waals surface area contributed by atoms with E-state index in [4.69, 9.17) is 4.52 Å². The van der Waals surface area contributed by atoms with Crippen molar-refractivity contribution in [2.24, 2.45) is 0 Å². The van der Waals surface area contributed by atoms with Gasteiger partial charge >= 0.3 is 0 Å². The zero-order valence-corrected chi connectivity index (χ0v) is 16.1. The van der Waals surface area contributed by atoms with Gasteiger partial charge in [0.25, 0.3) is 5.91 Å². The summed E-state index contributed by atoms with van der Waals surface area (Å²) in [5.41, 5.74) is 0.103. The Morgan fingerprint density at radius 2 is 1.56 bits per heavy atom. The van der Waals surface area contributed by atoms with Gasteiger partial charge in [-0.3, -0.25) is 4.79 Å². The van der Waals surface area contributed by atoms with Crippen molar-refractivity contribution in [2.45, 2.75) is 36.0 Å². The second-order valence-corrected chi connectivity index (χ2v) is 9.07. The number of aromatic nitrogens is 1. The first-order chi connectivity index (χ1) is 12.7. The van der Waals surface area contributed by atoms with Crippen molar-refractivity contribution in [2.75, 3.05) is 5.32 Å². The van der Waals surface area contributed by atoms with Gasteiger partial charge in [0.15, 0.2) is 5.82 Å². The van der Waals surface area contributed by atoms with Gasteiger partial charge in [0.05, 0.1) is 9.79 Å². The van der Waals surface area contributed by atoms with E-state index in [1.807, 2.05) is 20.8 Å². The summed E-state index contributed by atoms with van der Waals surface area (Å²) in [6, 6.07) is 15.6. The number of rotatable bonds is 4. The molecule has 2 aromatic carbocycles. The lowest BCUT2D eigenvalue weighted by atomic mass is 9.93. The van der Waals surface area contributed by atoms with Crippen LogP contribution in [-0.4, -0.2) is 19.5 Å². The predicted molar refractivity (Wildman–Crippen MR) is 101 cm³/mol. The van der Waals surface area contributed by atoms with E-state index in [2.05, 4.69) is 10.5 Å². The normalized spacial score (nSPS) is 12.0. The van der Waals surface area contributed by atoms with E-state index >= 15 is 0 Å². The first-order valence-corrected chi connectivity index (χ1v) is 9.85. The summed E-state index contributed by atoms with van der Waals surface area (Å²) in [5, 5.41) is 6.49. The first-order valence-electron chi connectivity index (χ1n) is 8.37. The van der Waals surface area contributed by atoms with Gasteiger partial charge in [0.2, 0.25) is 9.84 Å². The molecule has 6 nitrogen and oxygen atoms in total. The minimum atomic E-state index is -3.61. The van der Waals surface area contributed by atoms with Crippen molar-refractivity contribution >= 4 is 21.6 Å². The molecule has 0 aliphatic carbocycles. The maximum absolute atomic E-state index is 12.6. The molecule has 0 spiro atoms. The third-order valence-electron chi connectivity index (χ3n) is 3.97. The van der Waals surface area contributed by atoms with Crippen LogP contribution in [0.15, 0.2) is 75.0 Å². The molecule has 0 atom stereocenters. The van der Waals surface area contributed by atoms with Crippen LogP contribution >= 0.6 is 0 Å². The molecule has 0 aliphatic heterocycles. The quantitative estimate of drug-likeness (QED) is 0.733. The smallest absolute Gasteiger partial charge is 0.256 e. The maximum Gasteiger partial charge on any atom is 0.256 e. The third-order valence-corrected chi connectivity index (χ3v) is 5.76. The molecule has 3 rings (SSSR count). The zero-order chi connectivity index (χ0) is 19.7. The van der Waals surface area contributed by atoms with Gasteiger partial charge in [-0.25, -0.2) is 8.42 Å². The van der Waals surface area contributed by atoms with Crippen LogP contribution in [0.25, 0.3) is 0 Å². The van der Waals surface area contributed by atoms with Gasteiger partial charge in [-0.2, -0.15) is 0 Å².